The number of pyridine rings is 1. The van der Waals surface area contributed by atoms with Crippen LogP contribution < -0.4 is 16.4 Å². The van der Waals surface area contributed by atoms with Gasteiger partial charge in [-0.25, -0.2) is 24.0 Å². The molecule has 10 heteroatoms. The molecule has 0 radical (unpaired) electrons. The fourth-order valence-corrected chi connectivity index (χ4v) is 3.40. The Morgan fingerprint density at radius 2 is 1.84 bits per heavy atom. The average molecular weight is 422 g/mol. The molecular formula is C21H23FN8O. The van der Waals surface area contributed by atoms with Crippen molar-refractivity contribution in [1.82, 2.24) is 24.7 Å². The molecule has 9 nitrogen and oxygen atoms in total. The van der Waals surface area contributed by atoms with E-state index in [9.17, 15) is 4.39 Å². The normalized spacial score (nSPS) is 11.2. The SMILES string of the molecule is COCCN(C)c1c(N)nc(-c2nn(Cc3ccccc3F)c3ncccc23)nc1N. The third kappa shape index (κ3) is 3.97. The first kappa shape index (κ1) is 20.5. The number of rotatable bonds is 7. The Morgan fingerprint density at radius 3 is 2.55 bits per heavy atom. The summed E-state index contributed by atoms with van der Waals surface area (Å²) in [5, 5.41) is 5.34. The second kappa shape index (κ2) is 8.52. The summed E-state index contributed by atoms with van der Waals surface area (Å²) >= 11 is 0. The van der Waals surface area contributed by atoms with E-state index < -0.39 is 0 Å². The number of nitrogens with two attached hydrogens (primary N) is 2. The Balaban J connectivity index is 1.77. The van der Waals surface area contributed by atoms with E-state index in [1.807, 2.05) is 18.0 Å². The van der Waals surface area contributed by atoms with Gasteiger partial charge >= 0.3 is 0 Å². The molecule has 31 heavy (non-hydrogen) atoms. The van der Waals surface area contributed by atoms with Gasteiger partial charge in [-0.3, -0.25) is 0 Å². The predicted molar refractivity (Wildman–Crippen MR) is 118 cm³/mol. The third-order valence-electron chi connectivity index (χ3n) is 4.95. The molecule has 0 saturated carbocycles. The number of likely N-dealkylation sites (N-methyl/N-ethyl adjacent to an activating group) is 1. The molecule has 0 aliphatic heterocycles. The van der Waals surface area contributed by atoms with Crippen molar-refractivity contribution in [3.05, 3.63) is 54.0 Å². The minimum atomic E-state index is -0.309. The number of fused-ring (bicyclic) bond motifs is 1. The van der Waals surface area contributed by atoms with Crippen molar-refractivity contribution in [1.29, 1.82) is 0 Å². The van der Waals surface area contributed by atoms with Gasteiger partial charge in [0.25, 0.3) is 0 Å². The van der Waals surface area contributed by atoms with Crippen LogP contribution in [-0.2, 0) is 11.3 Å². The molecular weight excluding hydrogens is 399 g/mol. The Bertz CT molecular complexity index is 1200. The fourth-order valence-electron chi connectivity index (χ4n) is 3.40. The maximum Gasteiger partial charge on any atom is 0.184 e. The minimum Gasteiger partial charge on any atom is -0.383 e. The van der Waals surface area contributed by atoms with Gasteiger partial charge in [-0.05, 0) is 18.2 Å². The Morgan fingerprint density at radius 1 is 1.10 bits per heavy atom. The number of anilines is 3. The molecule has 3 heterocycles. The standard InChI is InChI=1S/C21H23FN8O/c1-29(10-11-31-2)17-18(23)26-20(27-19(17)24)16-14-7-5-9-25-21(14)30(28-16)12-13-6-3-4-8-15(13)22/h3-9H,10-12H2,1-2H3,(H4,23,24,26,27). The smallest absolute Gasteiger partial charge is 0.184 e. The van der Waals surface area contributed by atoms with Gasteiger partial charge in [0.15, 0.2) is 23.1 Å². The number of nitrogen functional groups attached to an aromatic ring is 2. The summed E-state index contributed by atoms with van der Waals surface area (Å²) in [6.07, 6.45) is 1.66. The summed E-state index contributed by atoms with van der Waals surface area (Å²) in [6, 6.07) is 10.2. The Labute approximate surface area is 178 Å². The first-order chi connectivity index (χ1) is 15.0. The van der Waals surface area contributed by atoms with E-state index in [4.69, 9.17) is 16.2 Å². The van der Waals surface area contributed by atoms with E-state index >= 15 is 0 Å². The lowest BCUT2D eigenvalue weighted by Gasteiger charge is -2.21. The second-order valence-corrected chi connectivity index (χ2v) is 7.05. The lowest BCUT2D eigenvalue weighted by Crippen LogP contribution is -2.25. The zero-order valence-electron chi connectivity index (χ0n) is 17.3. The molecule has 0 unspecified atom stereocenters. The first-order valence-corrected chi connectivity index (χ1v) is 9.68. The van der Waals surface area contributed by atoms with Crippen LogP contribution in [0.25, 0.3) is 22.6 Å². The van der Waals surface area contributed by atoms with Gasteiger partial charge in [0.1, 0.15) is 17.2 Å². The maximum atomic E-state index is 14.2. The highest BCUT2D eigenvalue weighted by Crippen LogP contribution is 2.31. The highest BCUT2D eigenvalue weighted by molar-refractivity contribution is 5.90. The van der Waals surface area contributed by atoms with Crippen LogP contribution >= 0.6 is 0 Å². The largest absolute Gasteiger partial charge is 0.383 e. The lowest BCUT2D eigenvalue weighted by molar-refractivity contribution is 0.206. The zero-order chi connectivity index (χ0) is 22.0. The summed E-state index contributed by atoms with van der Waals surface area (Å²) in [5.41, 5.74) is 14.5. The topological polar surface area (TPSA) is 121 Å². The zero-order valence-corrected chi connectivity index (χ0v) is 17.3. The van der Waals surface area contributed by atoms with Crippen LogP contribution in [0.15, 0.2) is 42.6 Å². The van der Waals surface area contributed by atoms with Crippen LogP contribution in [0, 0.1) is 5.82 Å². The molecule has 4 rings (SSSR count). The third-order valence-corrected chi connectivity index (χ3v) is 4.95. The molecule has 0 amide bonds. The molecule has 0 bridgehead atoms. The van der Waals surface area contributed by atoms with Crippen LogP contribution in [0.1, 0.15) is 5.56 Å². The molecule has 3 aromatic heterocycles. The summed E-state index contributed by atoms with van der Waals surface area (Å²) in [7, 11) is 3.46. The van der Waals surface area contributed by atoms with Crippen molar-refractivity contribution in [2.75, 3.05) is 43.7 Å². The average Bonchev–Trinajstić information content (AvgIpc) is 3.12. The van der Waals surface area contributed by atoms with Gasteiger partial charge in [0, 0.05) is 32.5 Å². The van der Waals surface area contributed by atoms with E-state index in [1.165, 1.54) is 6.07 Å². The van der Waals surface area contributed by atoms with Crippen molar-refractivity contribution >= 4 is 28.4 Å². The molecule has 0 aliphatic rings. The number of ether oxygens (including phenoxy) is 1. The van der Waals surface area contributed by atoms with Crippen LogP contribution in [0.4, 0.5) is 21.7 Å². The first-order valence-electron chi connectivity index (χ1n) is 9.68. The number of aromatic nitrogens is 5. The minimum absolute atomic E-state index is 0.211. The predicted octanol–water partition coefficient (Wildman–Crippen LogP) is 2.32. The monoisotopic (exact) mass is 422 g/mol. The van der Waals surface area contributed by atoms with Gasteiger partial charge in [-0.15, -0.1) is 0 Å². The maximum absolute atomic E-state index is 14.2. The van der Waals surface area contributed by atoms with Gasteiger partial charge in [0.2, 0.25) is 0 Å². The van der Waals surface area contributed by atoms with Crippen molar-refractivity contribution < 1.29 is 9.13 Å². The van der Waals surface area contributed by atoms with E-state index in [0.717, 1.165) is 5.39 Å². The number of hydrogen-bond donors (Lipinski definition) is 2. The van der Waals surface area contributed by atoms with Crippen molar-refractivity contribution in [2.24, 2.45) is 0 Å². The number of methoxy groups -OCH3 is 1. The summed E-state index contributed by atoms with van der Waals surface area (Å²) in [5.74, 6) is 0.449. The lowest BCUT2D eigenvalue weighted by atomic mass is 10.2. The molecule has 1 aromatic carbocycles. The molecule has 0 saturated heterocycles. The Kier molecular flexibility index (Phi) is 5.63. The molecule has 4 N–H and O–H groups in total. The van der Waals surface area contributed by atoms with E-state index in [-0.39, 0.29) is 29.8 Å². The number of benzene rings is 1. The van der Waals surface area contributed by atoms with Crippen molar-refractivity contribution in [2.45, 2.75) is 6.54 Å². The van der Waals surface area contributed by atoms with E-state index in [2.05, 4.69) is 20.1 Å². The molecule has 0 spiro atoms. The summed E-state index contributed by atoms with van der Waals surface area (Å²) in [4.78, 5) is 15.2. The molecule has 4 aromatic rings. The highest BCUT2D eigenvalue weighted by Gasteiger charge is 2.20. The van der Waals surface area contributed by atoms with Crippen LogP contribution in [0.3, 0.4) is 0 Å². The van der Waals surface area contributed by atoms with Crippen molar-refractivity contribution in [3.63, 3.8) is 0 Å². The summed E-state index contributed by atoms with van der Waals surface area (Å²) < 4.78 is 20.9. The molecule has 0 aliphatic carbocycles. The number of nitrogens with zero attached hydrogens (tertiary/aromatic N) is 6. The molecule has 0 fully saturated rings. The van der Waals surface area contributed by atoms with Gasteiger partial charge < -0.3 is 21.1 Å². The summed E-state index contributed by atoms with van der Waals surface area (Å²) in [6.45, 7) is 1.30. The molecule has 160 valence electrons. The van der Waals surface area contributed by atoms with Gasteiger partial charge in [-0.1, -0.05) is 18.2 Å². The highest BCUT2D eigenvalue weighted by atomic mass is 19.1. The van der Waals surface area contributed by atoms with E-state index in [0.29, 0.717) is 35.7 Å². The number of hydrogen-bond acceptors (Lipinski definition) is 8. The quantitative estimate of drug-likeness (QED) is 0.465. The fraction of sp³-hybridized carbons (Fsp3) is 0.238. The number of halogens is 1. The van der Waals surface area contributed by atoms with E-state index in [1.54, 1.807) is 42.3 Å². The van der Waals surface area contributed by atoms with Gasteiger partial charge in [0.05, 0.1) is 18.5 Å². The van der Waals surface area contributed by atoms with Gasteiger partial charge in [-0.2, -0.15) is 5.10 Å². The van der Waals surface area contributed by atoms with Crippen LogP contribution in [-0.4, -0.2) is 52.0 Å². The molecule has 0 atom stereocenters. The van der Waals surface area contributed by atoms with Crippen LogP contribution in [0.2, 0.25) is 0 Å². The van der Waals surface area contributed by atoms with Crippen LogP contribution in [0.5, 0.6) is 0 Å². The van der Waals surface area contributed by atoms with Crippen molar-refractivity contribution in [3.8, 4) is 11.5 Å². The second-order valence-electron chi connectivity index (χ2n) is 7.05. The Hall–Kier alpha value is -3.79.